The third kappa shape index (κ3) is 5.86. The van der Waals surface area contributed by atoms with Gasteiger partial charge in [0.1, 0.15) is 5.82 Å². The molecule has 2 heterocycles. The van der Waals surface area contributed by atoms with Gasteiger partial charge in [-0.1, -0.05) is 41.6 Å². The number of halogens is 1. The quantitative estimate of drug-likeness (QED) is 0.195. The number of benzene rings is 2. The number of aromatic amines is 1. The number of rotatable bonds is 9. The van der Waals surface area contributed by atoms with Crippen molar-refractivity contribution in [3.63, 3.8) is 0 Å². The number of thioether (sulfide) groups is 1. The Labute approximate surface area is 235 Å². The third-order valence-electron chi connectivity index (χ3n) is 6.13. The van der Waals surface area contributed by atoms with Gasteiger partial charge >= 0.3 is 5.97 Å². The number of esters is 1. The summed E-state index contributed by atoms with van der Waals surface area (Å²) in [6.07, 6.45) is -0.361. The highest BCUT2D eigenvalue weighted by Crippen LogP contribution is 2.46. The summed E-state index contributed by atoms with van der Waals surface area (Å²) in [5.41, 5.74) is 2.18. The van der Waals surface area contributed by atoms with Crippen LogP contribution in [0.15, 0.2) is 57.6 Å². The molecule has 1 aliphatic heterocycles. The Morgan fingerprint density at radius 3 is 2.36 bits per heavy atom. The van der Waals surface area contributed by atoms with E-state index < -0.39 is 17.4 Å². The first-order valence-corrected chi connectivity index (χ1v) is 13.5. The van der Waals surface area contributed by atoms with E-state index in [1.807, 2.05) is 24.3 Å². The van der Waals surface area contributed by atoms with Crippen LogP contribution in [0.25, 0.3) is 0 Å². The molecular weight excluding hydrogens is 542 g/mol. The average molecular weight is 572 g/mol. The van der Waals surface area contributed by atoms with Crippen LogP contribution in [0.4, 0.5) is 5.82 Å². The number of H-pyrrole nitrogens is 1. The minimum atomic E-state index is -0.819. The fourth-order valence-corrected chi connectivity index (χ4v) is 5.56. The molecule has 3 aromatic rings. The molecule has 1 aromatic heterocycles. The smallest absolute Gasteiger partial charge is 0.337 e. The van der Waals surface area contributed by atoms with Crippen molar-refractivity contribution in [2.75, 3.05) is 26.6 Å². The van der Waals surface area contributed by atoms with Gasteiger partial charge in [0.15, 0.2) is 16.7 Å². The van der Waals surface area contributed by atoms with Crippen LogP contribution in [0.1, 0.15) is 43.4 Å². The number of nitrogens with one attached hydrogen (secondary N) is 2. The lowest BCUT2D eigenvalue weighted by molar-refractivity contribution is -0.143. The standard InChI is InChI=1S/C28H30ClN3O6S/c1-14(2)38-27(34)21-15(3)30-25-23(22(21)17-11-19(35-4)24(37-6)20(12-17)36-5)26(33)32-28(31-25)39-13-16-9-7-8-10-18(16)29/h7-12,14,22H,13H2,1-6H3,(H2,30,31,32,33). The number of anilines is 1. The molecule has 0 radical (unpaired) electrons. The summed E-state index contributed by atoms with van der Waals surface area (Å²) in [5, 5.41) is 4.21. The van der Waals surface area contributed by atoms with Gasteiger partial charge in [-0.05, 0) is 50.1 Å². The molecule has 1 atom stereocenters. The van der Waals surface area contributed by atoms with Gasteiger partial charge in [0.25, 0.3) is 5.56 Å². The van der Waals surface area contributed by atoms with Gasteiger partial charge < -0.3 is 29.2 Å². The van der Waals surface area contributed by atoms with Crippen molar-refractivity contribution in [3.05, 3.63) is 79.7 Å². The van der Waals surface area contributed by atoms with Crippen molar-refractivity contribution in [2.45, 2.75) is 43.7 Å². The Morgan fingerprint density at radius 1 is 1.10 bits per heavy atom. The third-order valence-corrected chi connectivity index (χ3v) is 7.42. The summed E-state index contributed by atoms with van der Waals surface area (Å²) in [5.74, 6) is 0.658. The second-order valence-corrected chi connectivity index (χ2v) is 10.4. The molecule has 2 aromatic carbocycles. The number of hydrogen-bond acceptors (Lipinski definition) is 9. The molecule has 0 bridgehead atoms. The van der Waals surface area contributed by atoms with E-state index in [1.165, 1.54) is 33.1 Å². The van der Waals surface area contributed by atoms with E-state index in [0.29, 0.717) is 50.3 Å². The molecule has 0 amide bonds. The second-order valence-electron chi connectivity index (χ2n) is 9.02. The lowest BCUT2D eigenvalue weighted by atomic mass is 9.82. The molecule has 11 heteroatoms. The largest absolute Gasteiger partial charge is 0.493 e. The summed E-state index contributed by atoms with van der Waals surface area (Å²) in [7, 11) is 4.51. The maximum absolute atomic E-state index is 13.6. The molecule has 0 fully saturated rings. The Balaban J connectivity index is 1.86. The van der Waals surface area contributed by atoms with E-state index in [1.54, 1.807) is 32.9 Å². The molecule has 1 unspecified atom stereocenters. The average Bonchev–Trinajstić information content (AvgIpc) is 2.90. The van der Waals surface area contributed by atoms with Gasteiger partial charge in [0, 0.05) is 16.5 Å². The monoisotopic (exact) mass is 571 g/mol. The van der Waals surface area contributed by atoms with Crippen LogP contribution in [0.2, 0.25) is 5.02 Å². The molecular formula is C28H30ClN3O6S. The highest BCUT2D eigenvalue weighted by molar-refractivity contribution is 7.98. The van der Waals surface area contributed by atoms with E-state index in [-0.39, 0.29) is 17.2 Å². The predicted octanol–water partition coefficient (Wildman–Crippen LogP) is 5.52. The van der Waals surface area contributed by atoms with E-state index in [4.69, 9.17) is 35.5 Å². The number of nitrogens with zero attached hydrogens (tertiary/aromatic N) is 1. The molecule has 39 heavy (non-hydrogen) atoms. The number of fused-ring (bicyclic) bond motifs is 1. The summed E-state index contributed by atoms with van der Waals surface area (Å²) in [4.78, 5) is 34.6. The van der Waals surface area contributed by atoms with Crippen molar-refractivity contribution in [2.24, 2.45) is 0 Å². The van der Waals surface area contributed by atoms with Gasteiger partial charge in [-0.15, -0.1) is 0 Å². The molecule has 0 saturated heterocycles. The van der Waals surface area contributed by atoms with Crippen LogP contribution in [0.5, 0.6) is 17.2 Å². The number of carbonyl (C=O) groups excluding carboxylic acids is 1. The van der Waals surface area contributed by atoms with E-state index >= 15 is 0 Å². The first kappa shape index (κ1) is 28.4. The topological polar surface area (TPSA) is 112 Å². The molecule has 0 saturated carbocycles. The Morgan fingerprint density at radius 2 is 1.77 bits per heavy atom. The molecule has 2 N–H and O–H groups in total. The Bertz CT molecular complexity index is 1460. The second kappa shape index (κ2) is 12.0. The van der Waals surface area contributed by atoms with Gasteiger partial charge in [0.05, 0.1) is 44.5 Å². The van der Waals surface area contributed by atoms with Crippen molar-refractivity contribution in [3.8, 4) is 17.2 Å². The van der Waals surface area contributed by atoms with Gasteiger partial charge in [-0.2, -0.15) is 0 Å². The molecule has 9 nitrogen and oxygen atoms in total. The summed E-state index contributed by atoms with van der Waals surface area (Å²) in [6.45, 7) is 5.29. The molecule has 4 rings (SSSR count). The fourth-order valence-electron chi connectivity index (χ4n) is 4.41. The number of methoxy groups -OCH3 is 3. The van der Waals surface area contributed by atoms with Gasteiger partial charge in [-0.3, -0.25) is 4.79 Å². The van der Waals surface area contributed by atoms with Crippen LogP contribution in [0.3, 0.4) is 0 Å². The number of hydrogen-bond donors (Lipinski definition) is 2. The number of carbonyl (C=O) groups is 1. The lowest BCUT2D eigenvalue weighted by Crippen LogP contribution is -2.32. The normalized spacial score (nSPS) is 14.5. The molecule has 0 aliphatic carbocycles. The number of ether oxygens (including phenoxy) is 4. The summed E-state index contributed by atoms with van der Waals surface area (Å²) < 4.78 is 22.1. The minimum absolute atomic E-state index is 0.271. The summed E-state index contributed by atoms with van der Waals surface area (Å²) >= 11 is 7.65. The van der Waals surface area contributed by atoms with E-state index in [9.17, 15) is 9.59 Å². The van der Waals surface area contributed by atoms with Crippen LogP contribution < -0.4 is 25.1 Å². The van der Waals surface area contributed by atoms with Crippen molar-refractivity contribution >= 4 is 35.1 Å². The minimum Gasteiger partial charge on any atom is -0.493 e. The maximum atomic E-state index is 13.6. The molecule has 206 valence electrons. The van der Waals surface area contributed by atoms with E-state index in [0.717, 1.165) is 5.56 Å². The van der Waals surface area contributed by atoms with Gasteiger partial charge in [-0.25, -0.2) is 9.78 Å². The van der Waals surface area contributed by atoms with Crippen LogP contribution >= 0.6 is 23.4 Å². The highest BCUT2D eigenvalue weighted by Gasteiger charge is 2.38. The molecule has 0 spiro atoms. The zero-order valence-corrected chi connectivity index (χ0v) is 24.1. The fraction of sp³-hybridized carbons (Fsp3) is 0.321. The first-order valence-electron chi connectivity index (χ1n) is 12.2. The zero-order chi connectivity index (χ0) is 28.3. The Kier molecular flexibility index (Phi) is 8.76. The Hall–Kier alpha value is -3.63. The highest BCUT2D eigenvalue weighted by atomic mass is 35.5. The van der Waals surface area contributed by atoms with Crippen LogP contribution in [-0.2, 0) is 15.3 Å². The van der Waals surface area contributed by atoms with Crippen molar-refractivity contribution in [1.82, 2.24) is 9.97 Å². The van der Waals surface area contributed by atoms with E-state index in [2.05, 4.69) is 10.3 Å². The number of aromatic nitrogens is 2. The van der Waals surface area contributed by atoms with Crippen molar-refractivity contribution < 1.29 is 23.7 Å². The predicted molar refractivity (Wildman–Crippen MR) is 151 cm³/mol. The SMILES string of the molecule is COc1cc(C2C(C(=O)OC(C)C)=C(C)Nc3nc(SCc4ccccc4Cl)[nH]c(=O)c32)cc(OC)c1OC. The summed E-state index contributed by atoms with van der Waals surface area (Å²) in [6, 6.07) is 10.9. The molecule has 1 aliphatic rings. The van der Waals surface area contributed by atoms with Crippen LogP contribution in [-0.4, -0.2) is 43.4 Å². The first-order chi connectivity index (χ1) is 18.7. The lowest BCUT2D eigenvalue weighted by Gasteiger charge is -2.30. The number of allylic oxidation sites excluding steroid dienone is 1. The van der Waals surface area contributed by atoms with Crippen molar-refractivity contribution in [1.29, 1.82) is 0 Å². The maximum Gasteiger partial charge on any atom is 0.337 e. The zero-order valence-electron chi connectivity index (χ0n) is 22.5. The van der Waals surface area contributed by atoms with Crippen LogP contribution in [0, 0.1) is 0 Å². The van der Waals surface area contributed by atoms with Gasteiger partial charge in [0.2, 0.25) is 5.75 Å².